The van der Waals surface area contributed by atoms with Gasteiger partial charge >= 0.3 is 5.97 Å². The van der Waals surface area contributed by atoms with Crippen molar-refractivity contribution < 1.29 is 19.1 Å². The lowest BCUT2D eigenvalue weighted by atomic mass is 10.1. The van der Waals surface area contributed by atoms with Gasteiger partial charge in [0.1, 0.15) is 0 Å². The minimum Gasteiger partial charge on any atom is -0.469 e. The molecule has 0 atom stereocenters. The number of nitrogens with zero attached hydrogens (tertiary/aromatic N) is 1. The maximum atomic E-state index is 11.2. The van der Waals surface area contributed by atoms with Gasteiger partial charge in [0.2, 0.25) is 5.91 Å². The van der Waals surface area contributed by atoms with E-state index < -0.39 is 5.91 Å². The third-order valence-electron chi connectivity index (χ3n) is 3.09. The molecule has 1 aromatic carbocycles. The largest absolute Gasteiger partial charge is 0.469 e. The molecule has 0 fully saturated rings. The van der Waals surface area contributed by atoms with Crippen LogP contribution in [0.2, 0.25) is 0 Å². The van der Waals surface area contributed by atoms with Gasteiger partial charge in [0, 0.05) is 32.3 Å². The van der Waals surface area contributed by atoms with E-state index >= 15 is 0 Å². The Morgan fingerprint density at radius 1 is 1.24 bits per heavy atom. The number of benzene rings is 1. The lowest BCUT2D eigenvalue weighted by Crippen LogP contribution is -2.29. The molecular weight excluding hydrogens is 272 g/mol. The Kier molecular flexibility index (Phi) is 7.42. The van der Waals surface area contributed by atoms with Gasteiger partial charge in [-0.3, -0.25) is 14.5 Å². The maximum Gasteiger partial charge on any atom is 0.306 e. The Morgan fingerprint density at radius 3 is 2.62 bits per heavy atom. The zero-order valence-electron chi connectivity index (χ0n) is 12.5. The molecule has 0 aliphatic carbocycles. The standard InChI is InChI=1S/C15H22N2O4/c1-20-9-8-17(7-6-14(18)21-2)11-12-4-3-5-13(10-12)15(16)19/h3-5,10H,6-9,11H2,1-2H3,(H2,16,19). The van der Waals surface area contributed by atoms with Crippen LogP contribution in [0, 0.1) is 0 Å². The van der Waals surface area contributed by atoms with E-state index in [2.05, 4.69) is 9.64 Å². The molecule has 0 heterocycles. The smallest absolute Gasteiger partial charge is 0.306 e. The number of carbonyl (C=O) groups is 2. The summed E-state index contributed by atoms with van der Waals surface area (Å²) in [6.45, 7) is 2.43. The van der Waals surface area contributed by atoms with E-state index in [-0.39, 0.29) is 5.97 Å². The molecule has 0 aliphatic rings. The van der Waals surface area contributed by atoms with Crippen LogP contribution >= 0.6 is 0 Å². The molecule has 21 heavy (non-hydrogen) atoms. The molecule has 2 N–H and O–H groups in total. The van der Waals surface area contributed by atoms with Gasteiger partial charge in [0.25, 0.3) is 0 Å². The number of ether oxygens (including phenoxy) is 2. The van der Waals surface area contributed by atoms with Crippen LogP contribution in [-0.2, 0) is 20.8 Å². The van der Waals surface area contributed by atoms with Crippen molar-refractivity contribution in [2.24, 2.45) is 5.73 Å². The molecule has 1 rings (SSSR count). The molecule has 6 heteroatoms. The highest BCUT2D eigenvalue weighted by Gasteiger charge is 2.10. The summed E-state index contributed by atoms with van der Waals surface area (Å²) in [5, 5.41) is 0. The molecule has 0 spiro atoms. The summed E-state index contributed by atoms with van der Waals surface area (Å²) in [5.41, 5.74) is 6.72. The zero-order valence-corrected chi connectivity index (χ0v) is 12.5. The predicted octanol–water partition coefficient (Wildman–Crippen LogP) is 0.797. The first-order valence-corrected chi connectivity index (χ1v) is 6.73. The first-order chi connectivity index (χ1) is 10.1. The predicted molar refractivity (Wildman–Crippen MR) is 78.7 cm³/mol. The third-order valence-corrected chi connectivity index (χ3v) is 3.09. The number of amides is 1. The normalized spacial score (nSPS) is 10.6. The first kappa shape index (κ1) is 17.1. The van der Waals surface area contributed by atoms with Crippen molar-refractivity contribution in [2.75, 3.05) is 33.9 Å². The van der Waals surface area contributed by atoms with Crippen LogP contribution in [-0.4, -0.2) is 50.7 Å². The second-order valence-corrected chi connectivity index (χ2v) is 4.66. The van der Waals surface area contributed by atoms with E-state index in [9.17, 15) is 9.59 Å². The van der Waals surface area contributed by atoms with E-state index in [1.165, 1.54) is 7.11 Å². The second kappa shape index (κ2) is 9.10. The van der Waals surface area contributed by atoms with Crippen LogP contribution in [0.4, 0.5) is 0 Å². The van der Waals surface area contributed by atoms with Crippen LogP contribution in [0.15, 0.2) is 24.3 Å². The van der Waals surface area contributed by atoms with Crippen molar-refractivity contribution in [1.82, 2.24) is 4.90 Å². The third kappa shape index (κ3) is 6.37. The fourth-order valence-corrected chi connectivity index (χ4v) is 1.92. The Hall–Kier alpha value is -1.92. The Labute approximate surface area is 124 Å². The molecule has 0 saturated carbocycles. The minimum atomic E-state index is -0.449. The number of primary amides is 1. The maximum absolute atomic E-state index is 11.2. The first-order valence-electron chi connectivity index (χ1n) is 6.73. The Balaban J connectivity index is 2.68. The summed E-state index contributed by atoms with van der Waals surface area (Å²) in [4.78, 5) is 24.5. The summed E-state index contributed by atoms with van der Waals surface area (Å²) in [6, 6.07) is 7.16. The molecule has 0 aliphatic heterocycles. The lowest BCUT2D eigenvalue weighted by molar-refractivity contribution is -0.141. The highest BCUT2D eigenvalue weighted by atomic mass is 16.5. The van der Waals surface area contributed by atoms with Crippen molar-refractivity contribution in [3.63, 3.8) is 0 Å². The molecule has 0 bridgehead atoms. The van der Waals surface area contributed by atoms with Crippen LogP contribution in [0.3, 0.4) is 0 Å². The van der Waals surface area contributed by atoms with E-state index in [1.807, 2.05) is 6.07 Å². The van der Waals surface area contributed by atoms with Gasteiger partial charge in [-0.25, -0.2) is 0 Å². The summed E-state index contributed by atoms with van der Waals surface area (Å²) >= 11 is 0. The van der Waals surface area contributed by atoms with Gasteiger partial charge in [-0.2, -0.15) is 0 Å². The molecule has 1 aromatic rings. The van der Waals surface area contributed by atoms with Crippen LogP contribution in [0.1, 0.15) is 22.3 Å². The number of rotatable bonds is 9. The molecular formula is C15H22N2O4. The Morgan fingerprint density at radius 2 is 2.00 bits per heavy atom. The molecule has 6 nitrogen and oxygen atoms in total. The average molecular weight is 294 g/mol. The number of hydrogen-bond acceptors (Lipinski definition) is 5. The van der Waals surface area contributed by atoms with E-state index in [1.54, 1.807) is 25.3 Å². The monoisotopic (exact) mass is 294 g/mol. The van der Waals surface area contributed by atoms with Gasteiger partial charge < -0.3 is 15.2 Å². The summed E-state index contributed by atoms with van der Waals surface area (Å²) < 4.78 is 9.72. The molecule has 0 aromatic heterocycles. The summed E-state index contributed by atoms with van der Waals surface area (Å²) in [7, 11) is 3.00. The highest BCUT2D eigenvalue weighted by molar-refractivity contribution is 5.92. The molecule has 116 valence electrons. The fourth-order valence-electron chi connectivity index (χ4n) is 1.92. The van der Waals surface area contributed by atoms with Crippen molar-refractivity contribution in [1.29, 1.82) is 0 Å². The highest BCUT2D eigenvalue weighted by Crippen LogP contribution is 2.09. The van der Waals surface area contributed by atoms with Gasteiger partial charge in [-0.05, 0) is 17.7 Å². The van der Waals surface area contributed by atoms with E-state index in [0.717, 1.165) is 5.56 Å². The molecule has 1 amide bonds. The fraction of sp³-hybridized carbons (Fsp3) is 0.467. The minimum absolute atomic E-state index is 0.247. The van der Waals surface area contributed by atoms with Crippen LogP contribution in [0.5, 0.6) is 0 Å². The zero-order chi connectivity index (χ0) is 15.7. The van der Waals surface area contributed by atoms with Gasteiger partial charge in [0.05, 0.1) is 20.1 Å². The summed E-state index contributed by atoms with van der Waals surface area (Å²) in [6.07, 6.45) is 0.315. The van der Waals surface area contributed by atoms with Crippen LogP contribution in [0.25, 0.3) is 0 Å². The number of carbonyl (C=O) groups excluding carboxylic acids is 2. The van der Waals surface area contributed by atoms with Crippen molar-refractivity contribution >= 4 is 11.9 Å². The molecule has 0 unspecified atom stereocenters. The SMILES string of the molecule is COCCN(CCC(=O)OC)Cc1cccc(C(N)=O)c1. The second-order valence-electron chi connectivity index (χ2n) is 4.66. The van der Waals surface area contributed by atoms with Gasteiger partial charge in [-0.1, -0.05) is 12.1 Å². The molecule has 0 radical (unpaired) electrons. The van der Waals surface area contributed by atoms with Crippen molar-refractivity contribution in [2.45, 2.75) is 13.0 Å². The van der Waals surface area contributed by atoms with Gasteiger partial charge in [0.15, 0.2) is 0 Å². The van der Waals surface area contributed by atoms with E-state index in [4.69, 9.17) is 10.5 Å². The molecule has 0 saturated heterocycles. The number of methoxy groups -OCH3 is 2. The summed E-state index contributed by atoms with van der Waals surface area (Å²) in [5.74, 6) is -0.696. The number of esters is 1. The van der Waals surface area contributed by atoms with Crippen LogP contribution < -0.4 is 5.73 Å². The lowest BCUT2D eigenvalue weighted by Gasteiger charge is -2.21. The quantitative estimate of drug-likeness (QED) is 0.681. The average Bonchev–Trinajstić information content (AvgIpc) is 2.49. The van der Waals surface area contributed by atoms with Crippen molar-refractivity contribution in [3.05, 3.63) is 35.4 Å². The van der Waals surface area contributed by atoms with E-state index in [0.29, 0.717) is 38.2 Å². The topological polar surface area (TPSA) is 81.9 Å². The number of hydrogen-bond donors (Lipinski definition) is 1. The van der Waals surface area contributed by atoms with Crippen molar-refractivity contribution in [3.8, 4) is 0 Å². The number of nitrogens with two attached hydrogens (primary N) is 1. The van der Waals surface area contributed by atoms with Gasteiger partial charge in [-0.15, -0.1) is 0 Å². The Bertz CT molecular complexity index is 476.